The summed E-state index contributed by atoms with van der Waals surface area (Å²) in [5.74, 6) is 0. The van der Waals surface area contributed by atoms with Crippen molar-refractivity contribution in [3.05, 3.63) is 34.7 Å². The summed E-state index contributed by atoms with van der Waals surface area (Å²) in [7, 11) is 0. The fraction of sp³-hybridized carbons (Fsp3) is 0. The number of fused-ring (bicyclic) bond motifs is 1. The third-order valence-corrected chi connectivity index (χ3v) is 2.20. The second kappa shape index (κ2) is 2.61. The molecule has 12 heavy (non-hydrogen) atoms. The average molecular weight is 222 g/mol. The van der Waals surface area contributed by atoms with Crippen LogP contribution in [-0.2, 0) is 0 Å². The predicted molar refractivity (Wildman–Crippen MR) is 47.6 cm³/mol. The maximum absolute atomic E-state index is 8.73. The Balaban J connectivity index is 2.92. The number of imidazole rings is 1. The van der Waals surface area contributed by atoms with E-state index in [4.69, 9.17) is 5.26 Å². The van der Waals surface area contributed by atoms with Crippen LogP contribution in [0.15, 0.2) is 29.1 Å². The lowest BCUT2D eigenvalue weighted by atomic mass is 10.3. The summed E-state index contributed by atoms with van der Waals surface area (Å²) >= 11 is 3.32. The molecule has 0 radical (unpaired) electrons. The van der Waals surface area contributed by atoms with Crippen molar-refractivity contribution in [3.63, 3.8) is 0 Å². The SMILES string of the molecule is N#Cc1cccn2c(Br)cnc12. The van der Waals surface area contributed by atoms with Crippen LogP contribution in [0.25, 0.3) is 5.65 Å². The molecule has 4 heteroatoms. The molecular weight excluding hydrogens is 218 g/mol. The van der Waals surface area contributed by atoms with Crippen molar-refractivity contribution in [3.8, 4) is 6.07 Å². The number of hydrogen-bond acceptors (Lipinski definition) is 2. The van der Waals surface area contributed by atoms with Gasteiger partial charge in [0.1, 0.15) is 10.7 Å². The van der Waals surface area contributed by atoms with Crippen molar-refractivity contribution in [2.45, 2.75) is 0 Å². The zero-order valence-electron chi connectivity index (χ0n) is 6.03. The zero-order valence-corrected chi connectivity index (χ0v) is 7.62. The molecule has 2 heterocycles. The highest BCUT2D eigenvalue weighted by atomic mass is 79.9. The molecule has 0 unspecified atom stereocenters. The van der Waals surface area contributed by atoms with Gasteiger partial charge in [-0.3, -0.25) is 4.40 Å². The Bertz CT molecular complexity index is 467. The van der Waals surface area contributed by atoms with E-state index in [1.165, 1.54) is 0 Å². The van der Waals surface area contributed by atoms with Crippen LogP contribution in [-0.4, -0.2) is 9.38 Å². The lowest BCUT2D eigenvalue weighted by Gasteiger charge is -1.94. The van der Waals surface area contributed by atoms with Crippen LogP contribution in [0, 0.1) is 11.3 Å². The zero-order chi connectivity index (χ0) is 8.55. The lowest BCUT2D eigenvalue weighted by Crippen LogP contribution is -1.86. The lowest BCUT2D eigenvalue weighted by molar-refractivity contribution is 1.15. The second-order valence-electron chi connectivity index (χ2n) is 2.31. The highest BCUT2D eigenvalue weighted by Gasteiger charge is 2.03. The van der Waals surface area contributed by atoms with Crippen LogP contribution in [0.5, 0.6) is 0 Å². The number of halogens is 1. The molecule has 0 amide bonds. The van der Waals surface area contributed by atoms with Crippen LogP contribution in [0.3, 0.4) is 0 Å². The van der Waals surface area contributed by atoms with E-state index >= 15 is 0 Å². The molecule has 0 aliphatic heterocycles. The molecule has 0 saturated heterocycles. The molecule has 0 N–H and O–H groups in total. The van der Waals surface area contributed by atoms with Crippen molar-refractivity contribution in [2.75, 3.05) is 0 Å². The Labute approximate surface area is 77.4 Å². The minimum absolute atomic E-state index is 0.586. The first-order chi connectivity index (χ1) is 5.83. The summed E-state index contributed by atoms with van der Waals surface area (Å²) in [6.07, 6.45) is 3.53. The molecule has 0 aliphatic rings. The predicted octanol–water partition coefficient (Wildman–Crippen LogP) is 1.97. The maximum Gasteiger partial charge on any atom is 0.155 e. The molecule has 0 saturated carbocycles. The van der Waals surface area contributed by atoms with E-state index in [0.29, 0.717) is 11.2 Å². The van der Waals surface area contributed by atoms with Gasteiger partial charge in [-0.05, 0) is 28.1 Å². The van der Waals surface area contributed by atoms with Gasteiger partial charge in [-0.15, -0.1) is 0 Å². The number of nitriles is 1. The minimum Gasteiger partial charge on any atom is -0.293 e. The molecule has 0 bridgehead atoms. The molecule has 58 valence electrons. The number of rotatable bonds is 0. The molecule has 2 aromatic rings. The molecule has 2 rings (SSSR count). The van der Waals surface area contributed by atoms with E-state index in [2.05, 4.69) is 27.0 Å². The van der Waals surface area contributed by atoms with Crippen LogP contribution in [0.4, 0.5) is 0 Å². The second-order valence-corrected chi connectivity index (χ2v) is 3.12. The molecular formula is C8H4BrN3. The summed E-state index contributed by atoms with van der Waals surface area (Å²) < 4.78 is 2.67. The number of hydrogen-bond donors (Lipinski definition) is 0. The van der Waals surface area contributed by atoms with Crippen LogP contribution in [0.2, 0.25) is 0 Å². The highest BCUT2D eigenvalue weighted by Crippen LogP contribution is 2.14. The van der Waals surface area contributed by atoms with Crippen molar-refractivity contribution in [1.82, 2.24) is 9.38 Å². The maximum atomic E-state index is 8.73. The third-order valence-electron chi connectivity index (χ3n) is 1.61. The van der Waals surface area contributed by atoms with E-state index in [1.807, 2.05) is 16.7 Å². The fourth-order valence-corrected chi connectivity index (χ4v) is 1.46. The highest BCUT2D eigenvalue weighted by molar-refractivity contribution is 9.10. The van der Waals surface area contributed by atoms with Gasteiger partial charge in [0.15, 0.2) is 5.65 Å². The first-order valence-electron chi connectivity index (χ1n) is 3.34. The van der Waals surface area contributed by atoms with E-state index in [-0.39, 0.29) is 0 Å². The molecule has 0 atom stereocenters. The molecule has 0 aliphatic carbocycles. The number of aromatic nitrogens is 2. The quantitative estimate of drug-likeness (QED) is 0.683. The van der Waals surface area contributed by atoms with Crippen LogP contribution < -0.4 is 0 Å². The van der Waals surface area contributed by atoms with Crippen molar-refractivity contribution >= 4 is 21.6 Å². The van der Waals surface area contributed by atoms with Gasteiger partial charge in [0, 0.05) is 6.20 Å². The van der Waals surface area contributed by atoms with Gasteiger partial charge in [-0.1, -0.05) is 0 Å². The third kappa shape index (κ3) is 0.908. The van der Waals surface area contributed by atoms with Gasteiger partial charge in [-0.2, -0.15) is 5.26 Å². The molecule has 0 spiro atoms. The molecule has 0 fully saturated rings. The summed E-state index contributed by atoms with van der Waals surface area (Å²) in [5, 5.41) is 8.73. The summed E-state index contributed by atoms with van der Waals surface area (Å²) in [4.78, 5) is 4.08. The Kier molecular flexibility index (Phi) is 1.59. The smallest absolute Gasteiger partial charge is 0.155 e. The Hall–Kier alpha value is -1.34. The minimum atomic E-state index is 0.586. The molecule has 3 nitrogen and oxygen atoms in total. The molecule has 0 aromatic carbocycles. The van der Waals surface area contributed by atoms with E-state index < -0.39 is 0 Å². The van der Waals surface area contributed by atoms with Gasteiger partial charge in [0.2, 0.25) is 0 Å². The summed E-state index contributed by atoms with van der Waals surface area (Å²) in [6, 6.07) is 5.64. The van der Waals surface area contributed by atoms with Gasteiger partial charge in [-0.25, -0.2) is 4.98 Å². The van der Waals surface area contributed by atoms with Gasteiger partial charge < -0.3 is 0 Å². The van der Waals surface area contributed by atoms with Gasteiger partial charge >= 0.3 is 0 Å². The Morgan fingerprint density at radius 3 is 3.17 bits per heavy atom. The topological polar surface area (TPSA) is 41.1 Å². The largest absolute Gasteiger partial charge is 0.293 e. The van der Waals surface area contributed by atoms with Crippen molar-refractivity contribution in [1.29, 1.82) is 5.26 Å². The van der Waals surface area contributed by atoms with E-state index in [9.17, 15) is 0 Å². The van der Waals surface area contributed by atoms with Crippen molar-refractivity contribution < 1.29 is 0 Å². The van der Waals surface area contributed by atoms with Crippen molar-refractivity contribution in [2.24, 2.45) is 0 Å². The standard InChI is InChI=1S/C8H4BrN3/c9-7-5-11-8-6(4-10)2-1-3-12(7)8/h1-3,5H. The van der Waals surface area contributed by atoms with Crippen LogP contribution >= 0.6 is 15.9 Å². The fourth-order valence-electron chi connectivity index (χ4n) is 1.07. The van der Waals surface area contributed by atoms with E-state index in [1.54, 1.807) is 12.3 Å². The number of nitrogens with zero attached hydrogens (tertiary/aromatic N) is 3. The first kappa shape index (κ1) is 7.32. The average Bonchev–Trinajstić information content (AvgIpc) is 2.48. The number of pyridine rings is 1. The summed E-state index contributed by atoms with van der Waals surface area (Å²) in [6.45, 7) is 0. The van der Waals surface area contributed by atoms with E-state index in [0.717, 1.165) is 4.60 Å². The summed E-state index contributed by atoms with van der Waals surface area (Å²) in [5.41, 5.74) is 1.27. The Morgan fingerprint density at radius 2 is 2.42 bits per heavy atom. The molecule has 2 aromatic heterocycles. The van der Waals surface area contributed by atoms with Gasteiger partial charge in [0.25, 0.3) is 0 Å². The monoisotopic (exact) mass is 221 g/mol. The Morgan fingerprint density at radius 1 is 1.58 bits per heavy atom. The normalized spacial score (nSPS) is 10.0. The van der Waals surface area contributed by atoms with Gasteiger partial charge in [0.05, 0.1) is 11.8 Å². The first-order valence-corrected chi connectivity index (χ1v) is 4.14. The van der Waals surface area contributed by atoms with Crippen LogP contribution in [0.1, 0.15) is 5.56 Å².